The molecule has 0 amide bonds. The van der Waals surface area contributed by atoms with E-state index in [0.717, 1.165) is 0 Å². The van der Waals surface area contributed by atoms with Crippen LogP contribution in [0, 0.1) is 20.2 Å². The van der Waals surface area contributed by atoms with Crippen molar-refractivity contribution in [2.45, 2.75) is 24.4 Å². The fraction of sp³-hybridized carbons (Fsp3) is 1.00. The monoisotopic (exact) mass is 275 g/mol. The van der Waals surface area contributed by atoms with Gasteiger partial charge in [-0.3, -0.25) is 0 Å². The molecular weight excluding hydrogens is 267 g/mol. The van der Waals surface area contributed by atoms with Gasteiger partial charge in [-0.25, -0.2) is 0 Å². The normalized spacial score (nSPS) is 34.6. The zero-order chi connectivity index (χ0) is 11.7. The molecule has 0 aromatic carbocycles. The molecule has 0 radical (unpaired) electrons. The van der Waals surface area contributed by atoms with E-state index in [1.165, 1.54) is 0 Å². The molecule has 2 aliphatic rings. The second kappa shape index (κ2) is 6.22. The molecule has 90 valence electrons. The molecule has 0 aliphatic carbocycles. The quantitative estimate of drug-likeness (QED) is 0.288. The Bertz CT molecular complexity index is 284. The third kappa shape index (κ3) is 3.46. The number of hydrogen-bond acceptors (Lipinski definition) is 8. The second-order valence-corrected chi connectivity index (χ2v) is 3.33. The fourth-order valence-corrected chi connectivity index (χ4v) is 1.83. The van der Waals surface area contributed by atoms with Gasteiger partial charge in [0.05, 0.1) is 13.2 Å². The summed E-state index contributed by atoms with van der Waals surface area (Å²) in [7, 11) is 0. The van der Waals surface area contributed by atoms with Gasteiger partial charge in [-0.05, 0) is 0 Å². The topological polar surface area (TPSA) is 123 Å². The van der Waals surface area contributed by atoms with E-state index in [0.29, 0.717) is 0 Å². The van der Waals surface area contributed by atoms with Gasteiger partial charge in [-0.15, -0.1) is 20.2 Å². The number of fused-ring (bicyclic) bond motifs is 1. The van der Waals surface area contributed by atoms with Crippen LogP contribution in [0.3, 0.4) is 0 Å². The van der Waals surface area contributed by atoms with Gasteiger partial charge in [0.25, 0.3) is 10.2 Å². The first-order valence-corrected chi connectivity index (χ1v) is 4.43. The van der Waals surface area contributed by atoms with Crippen LogP contribution in [0.4, 0.5) is 0 Å². The summed E-state index contributed by atoms with van der Waals surface area (Å²) in [6.07, 6.45) is -3.12. The van der Waals surface area contributed by atoms with Gasteiger partial charge in [0, 0.05) is 0 Å². The number of ether oxygens (including phenoxy) is 2. The Morgan fingerprint density at radius 1 is 0.941 bits per heavy atom. The molecule has 0 unspecified atom stereocenters. The minimum Gasteiger partial charge on any atom is -0.371 e. The molecule has 2 aliphatic heterocycles. The van der Waals surface area contributed by atoms with Gasteiger partial charge >= 0.3 is 51.4 Å². The molecule has 10 nitrogen and oxygen atoms in total. The molecule has 0 saturated carbocycles. The van der Waals surface area contributed by atoms with Crippen molar-refractivity contribution in [3.05, 3.63) is 20.2 Å². The standard InChI is InChI=1S/C6H8N2O8.K/c9-7(10)15-3-1-13-6-4(16-8(11)12)2-14-5(3)6;/h3-6H,1-2H2;/q;+1/t3-,4+,5-,6-;/m1./s1. The number of hydrogen-bond donors (Lipinski definition) is 0. The zero-order valence-electron chi connectivity index (χ0n) is 8.88. The molecule has 2 rings (SSSR count). The summed E-state index contributed by atoms with van der Waals surface area (Å²) in [6.45, 7) is -0.0955. The van der Waals surface area contributed by atoms with E-state index in [4.69, 9.17) is 9.47 Å². The van der Waals surface area contributed by atoms with Crippen LogP contribution < -0.4 is 51.4 Å². The molecule has 0 aromatic rings. The molecule has 11 heteroatoms. The molecule has 0 spiro atoms. The largest absolute Gasteiger partial charge is 1.00 e. The first kappa shape index (κ1) is 15.0. The first-order valence-electron chi connectivity index (χ1n) is 4.43. The minimum absolute atomic E-state index is 0. The predicted molar refractivity (Wildman–Crippen MR) is 43.2 cm³/mol. The van der Waals surface area contributed by atoms with E-state index in [9.17, 15) is 20.2 Å². The van der Waals surface area contributed by atoms with Crippen molar-refractivity contribution in [3.8, 4) is 0 Å². The van der Waals surface area contributed by atoms with Crippen molar-refractivity contribution in [2.24, 2.45) is 0 Å². The Labute approximate surface area is 137 Å². The average molecular weight is 275 g/mol. The first-order chi connectivity index (χ1) is 7.58. The molecule has 2 saturated heterocycles. The van der Waals surface area contributed by atoms with Crippen LogP contribution in [-0.2, 0) is 19.1 Å². The summed E-state index contributed by atoms with van der Waals surface area (Å²) in [5.74, 6) is 0. The van der Waals surface area contributed by atoms with Crippen molar-refractivity contribution in [1.29, 1.82) is 0 Å². The summed E-state index contributed by atoms with van der Waals surface area (Å²) in [6, 6.07) is 0. The maximum absolute atomic E-state index is 10.1. The van der Waals surface area contributed by atoms with Crippen molar-refractivity contribution in [3.63, 3.8) is 0 Å². The molecule has 0 bridgehead atoms. The average Bonchev–Trinajstić information content (AvgIpc) is 2.70. The summed E-state index contributed by atoms with van der Waals surface area (Å²) >= 11 is 0. The summed E-state index contributed by atoms with van der Waals surface area (Å²) in [5, 5.41) is 18.4. The molecular formula is C6H8KN2O8+. The van der Waals surface area contributed by atoms with Gasteiger partial charge < -0.3 is 19.1 Å². The van der Waals surface area contributed by atoms with Gasteiger partial charge in [-0.2, -0.15) is 0 Å². The SMILES string of the molecule is O=[N+]([O-])O[C@H]1CO[C@H]2[C@@H]1OC[C@H]2O[N+](=O)[O-].[K+]. The molecule has 17 heavy (non-hydrogen) atoms. The van der Waals surface area contributed by atoms with Crippen LogP contribution in [0.25, 0.3) is 0 Å². The third-order valence-corrected chi connectivity index (χ3v) is 2.41. The van der Waals surface area contributed by atoms with Crippen LogP contribution in [0.1, 0.15) is 0 Å². The Morgan fingerprint density at radius 3 is 1.59 bits per heavy atom. The van der Waals surface area contributed by atoms with Crippen LogP contribution in [-0.4, -0.2) is 47.8 Å². The number of nitrogens with zero attached hydrogens (tertiary/aromatic N) is 2. The van der Waals surface area contributed by atoms with Crippen LogP contribution in [0.15, 0.2) is 0 Å². The molecule has 0 aromatic heterocycles. The van der Waals surface area contributed by atoms with Crippen molar-refractivity contribution in [2.75, 3.05) is 13.2 Å². The Morgan fingerprint density at radius 2 is 1.29 bits per heavy atom. The summed E-state index contributed by atoms with van der Waals surface area (Å²) in [5.41, 5.74) is 0. The zero-order valence-corrected chi connectivity index (χ0v) is 12.0. The van der Waals surface area contributed by atoms with E-state index in [2.05, 4.69) is 9.68 Å². The third-order valence-electron chi connectivity index (χ3n) is 2.41. The minimum atomic E-state index is -0.943. The predicted octanol–water partition coefficient (Wildman–Crippen LogP) is -4.06. The Hall–Kier alpha value is -0.0436. The smallest absolute Gasteiger partial charge is 0.371 e. The van der Waals surface area contributed by atoms with E-state index in [1.807, 2.05) is 0 Å². The van der Waals surface area contributed by atoms with E-state index >= 15 is 0 Å². The van der Waals surface area contributed by atoms with Gasteiger partial charge in [0.1, 0.15) is 12.2 Å². The van der Waals surface area contributed by atoms with Crippen LogP contribution >= 0.6 is 0 Å². The fourth-order valence-electron chi connectivity index (χ4n) is 1.83. The Balaban J connectivity index is 0.00000144. The van der Waals surface area contributed by atoms with E-state index in [1.54, 1.807) is 0 Å². The molecule has 2 heterocycles. The second-order valence-electron chi connectivity index (χ2n) is 3.33. The van der Waals surface area contributed by atoms with Gasteiger partial charge in [0.2, 0.25) is 0 Å². The summed E-state index contributed by atoms with van der Waals surface area (Å²) in [4.78, 5) is 28.9. The summed E-state index contributed by atoms with van der Waals surface area (Å²) < 4.78 is 10.2. The van der Waals surface area contributed by atoms with E-state index < -0.39 is 34.6 Å². The van der Waals surface area contributed by atoms with Gasteiger partial charge in [-0.1, -0.05) is 0 Å². The Kier molecular flexibility index (Phi) is 5.49. The van der Waals surface area contributed by atoms with Gasteiger partial charge in [0.15, 0.2) is 12.2 Å². The number of rotatable bonds is 4. The molecule has 0 N–H and O–H groups in total. The van der Waals surface area contributed by atoms with Crippen LogP contribution in [0.5, 0.6) is 0 Å². The molecule has 2 fully saturated rings. The maximum Gasteiger partial charge on any atom is 1.00 e. The van der Waals surface area contributed by atoms with E-state index in [-0.39, 0.29) is 64.6 Å². The van der Waals surface area contributed by atoms with Crippen molar-refractivity contribution >= 4 is 0 Å². The van der Waals surface area contributed by atoms with Crippen molar-refractivity contribution in [1.82, 2.24) is 0 Å². The molecule has 4 atom stereocenters. The van der Waals surface area contributed by atoms with Crippen LogP contribution in [0.2, 0.25) is 0 Å². The van der Waals surface area contributed by atoms with Crippen molar-refractivity contribution < 1.29 is 80.7 Å². The maximum atomic E-state index is 10.1.